The third-order valence-corrected chi connectivity index (χ3v) is 3.77. The van der Waals surface area contributed by atoms with Crippen molar-refractivity contribution in [1.29, 1.82) is 0 Å². The largest absolute Gasteiger partial charge is 0.484 e. The van der Waals surface area contributed by atoms with Crippen LogP contribution in [0.4, 0.5) is 0 Å². The van der Waals surface area contributed by atoms with Crippen molar-refractivity contribution in [2.24, 2.45) is 0 Å². The minimum atomic E-state index is -0.286. The van der Waals surface area contributed by atoms with Crippen molar-refractivity contribution < 1.29 is 18.8 Å². The predicted octanol–water partition coefficient (Wildman–Crippen LogP) is 3.68. The van der Waals surface area contributed by atoms with Crippen LogP contribution in [0.15, 0.2) is 53.1 Å². The van der Waals surface area contributed by atoms with E-state index in [1.807, 2.05) is 18.2 Å². The number of ether oxygens (including phenoxy) is 2. The Hall–Kier alpha value is -2.86. The number of halogens is 1. The number of carbonyl (C=O) groups is 1. The monoisotopic (exact) mass is 358 g/mol. The van der Waals surface area contributed by atoms with Gasteiger partial charge in [0.2, 0.25) is 5.82 Å². The van der Waals surface area contributed by atoms with Crippen LogP contribution in [0.3, 0.4) is 0 Å². The first-order valence-corrected chi connectivity index (χ1v) is 7.89. The SMILES string of the molecule is COC(=O)Cc1ccc(OCc2nc(-c3ccccc3Cl)no2)cc1. The van der Waals surface area contributed by atoms with Gasteiger partial charge in [-0.25, -0.2) is 0 Å². The van der Waals surface area contributed by atoms with Crippen LogP contribution in [-0.4, -0.2) is 23.2 Å². The fourth-order valence-electron chi connectivity index (χ4n) is 2.15. The molecule has 0 bridgehead atoms. The normalized spacial score (nSPS) is 10.5. The van der Waals surface area contributed by atoms with Gasteiger partial charge in [-0.2, -0.15) is 4.98 Å². The molecule has 1 heterocycles. The molecule has 3 rings (SSSR count). The highest BCUT2D eigenvalue weighted by Crippen LogP contribution is 2.25. The van der Waals surface area contributed by atoms with E-state index in [1.54, 1.807) is 30.3 Å². The Bertz CT molecular complexity index is 862. The van der Waals surface area contributed by atoms with Gasteiger partial charge < -0.3 is 14.0 Å². The Morgan fingerprint density at radius 2 is 1.92 bits per heavy atom. The third kappa shape index (κ3) is 4.36. The quantitative estimate of drug-likeness (QED) is 0.626. The lowest BCUT2D eigenvalue weighted by Gasteiger charge is -2.04. The van der Waals surface area contributed by atoms with Crippen molar-refractivity contribution in [3.05, 3.63) is 65.0 Å². The molecule has 0 saturated heterocycles. The Morgan fingerprint density at radius 1 is 1.16 bits per heavy atom. The average molecular weight is 359 g/mol. The first kappa shape index (κ1) is 17.0. The first-order valence-electron chi connectivity index (χ1n) is 7.52. The van der Waals surface area contributed by atoms with Crippen molar-refractivity contribution in [1.82, 2.24) is 10.1 Å². The molecule has 6 nitrogen and oxygen atoms in total. The maximum absolute atomic E-state index is 11.2. The van der Waals surface area contributed by atoms with E-state index in [2.05, 4.69) is 14.9 Å². The van der Waals surface area contributed by atoms with Crippen LogP contribution >= 0.6 is 11.6 Å². The number of hydrogen-bond donors (Lipinski definition) is 0. The van der Waals surface area contributed by atoms with Crippen LogP contribution in [-0.2, 0) is 22.6 Å². The van der Waals surface area contributed by atoms with Gasteiger partial charge in [0.05, 0.1) is 18.6 Å². The van der Waals surface area contributed by atoms with Crippen LogP contribution in [0.5, 0.6) is 5.75 Å². The second-order valence-corrected chi connectivity index (χ2v) is 5.58. The van der Waals surface area contributed by atoms with E-state index in [4.69, 9.17) is 20.9 Å². The summed E-state index contributed by atoms with van der Waals surface area (Å²) < 4.78 is 15.4. The van der Waals surface area contributed by atoms with Gasteiger partial charge in [-0.3, -0.25) is 4.79 Å². The maximum Gasteiger partial charge on any atom is 0.309 e. The summed E-state index contributed by atoms with van der Waals surface area (Å²) >= 11 is 6.12. The molecule has 0 unspecified atom stereocenters. The topological polar surface area (TPSA) is 74.5 Å². The molecule has 2 aromatic carbocycles. The van der Waals surface area contributed by atoms with E-state index in [0.717, 1.165) is 5.56 Å². The number of carbonyl (C=O) groups excluding carboxylic acids is 1. The van der Waals surface area contributed by atoms with E-state index in [9.17, 15) is 4.79 Å². The summed E-state index contributed by atoms with van der Waals surface area (Å²) in [5, 5.41) is 4.47. The smallest absolute Gasteiger partial charge is 0.309 e. The molecule has 0 N–H and O–H groups in total. The molecule has 0 amide bonds. The standard InChI is InChI=1S/C18H15ClN2O4/c1-23-17(22)10-12-6-8-13(9-7-12)24-11-16-20-18(21-25-16)14-4-2-3-5-15(14)19/h2-9H,10-11H2,1H3. The van der Waals surface area contributed by atoms with Gasteiger partial charge in [0.15, 0.2) is 6.61 Å². The van der Waals surface area contributed by atoms with Crippen molar-refractivity contribution in [3.63, 3.8) is 0 Å². The summed E-state index contributed by atoms with van der Waals surface area (Å²) in [5.41, 5.74) is 1.55. The maximum atomic E-state index is 11.2. The van der Waals surface area contributed by atoms with Gasteiger partial charge in [-0.05, 0) is 29.8 Å². The summed E-state index contributed by atoms with van der Waals surface area (Å²) in [7, 11) is 1.36. The summed E-state index contributed by atoms with van der Waals surface area (Å²) in [4.78, 5) is 15.5. The highest BCUT2D eigenvalue weighted by Gasteiger charge is 2.12. The number of aromatic nitrogens is 2. The summed E-state index contributed by atoms with van der Waals surface area (Å²) in [6, 6.07) is 14.4. The number of methoxy groups -OCH3 is 1. The van der Waals surface area contributed by atoms with E-state index in [-0.39, 0.29) is 19.0 Å². The lowest BCUT2D eigenvalue weighted by atomic mass is 10.1. The third-order valence-electron chi connectivity index (χ3n) is 3.44. The average Bonchev–Trinajstić information content (AvgIpc) is 3.10. The molecule has 7 heteroatoms. The molecule has 0 atom stereocenters. The lowest BCUT2D eigenvalue weighted by molar-refractivity contribution is -0.139. The van der Waals surface area contributed by atoms with Crippen LogP contribution < -0.4 is 4.74 Å². The highest BCUT2D eigenvalue weighted by atomic mass is 35.5. The summed E-state index contributed by atoms with van der Waals surface area (Å²) in [6.07, 6.45) is 0.224. The zero-order valence-corrected chi connectivity index (χ0v) is 14.2. The molecule has 0 fully saturated rings. The molecule has 0 aliphatic heterocycles. The highest BCUT2D eigenvalue weighted by molar-refractivity contribution is 6.33. The predicted molar refractivity (Wildman–Crippen MR) is 91.2 cm³/mol. The van der Waals surface area contributed by atoms with E-state index in [0.29, 0.717) is 28.1 Å². The van der Waals surface area contributed by atoms with Gasteiger partial charge in [0.1, 0.15) is 5.75 Å². The van der Waals surface area contributed by atoms with Gasteiger partial charge in [-0.1, -0.05) is 41.0 Å². The molecule has 25 heavy (non-hydrogen) atoms. The van der Waals surface area contributed by atoms with Crippen molar-refractivity contribution >= 4 is 17.6 Å². The Kier molecular flexibility index (Phi) is 5.30. The van der Waals surface area contributed by atoms with Crippen LogP contribution in [0.25, 0.3) is 11.4 Å². The minimum absolute atomic E-state index is 0.133. The number of nitrogens with zero attached hydrogens (tertiary/aromatic N) is 2. The fourth-order valence-corrected chi connectivity index (χ4v) is 2.37. The zero-order valence-electron chi connectivity index (χ0n) is 13.4. The van der Waals surface area contributed by atoms with Crippen LogP contribution in [0, 0.1) is 0 Å². The number of esters is 1. The molecule has 0 spiro atoms. The van der Waals surface area contributed by atoms with Crippen LogP contribution in [0.2, 0.25) is 5.02 Å². The lowest BCUT2D eigenvalue weighted by Crippen LogP contribution is -2.04. The molecular formula is C18H15ClN2O4. The molecular weight excluding hydrogens is 344 g/mol. The summed E-state index contributed by atoms with van der Waals surface area (Å²) in [5.74, 6) is 1.10. The molecule has 0 saturated carbocycles. The Labute approximate surface area is 149 Å². The van der Waals surface area contributed by atoms with Crippen molar-refractivity contribution in [2.75, 3.05) is 7.11 Å². The molecule has 0 aliphatic rings. The van der Waals surface area contributed by atoms with Gasteiger partial charge in [0.25, 0.3) is 5.89 Å². The van der Waals surface area contributed by atoms with E-state index in [1.165, 1.54) is 7.11 Å². The van der Waals surface area contributed by atoms with E-state index >= 15 is 0 Å². The number of benzene rings is 2. The molecule has 1 aromatic heterocycles. The molecule has 3 aromatic rings. The van der Waals surface area contributed by atoms with Crippen LogP contribution in [0.1, 0.15) is 11.5 Å². The molecule has 0 radical (unpaired) electrons. The Morgan fingerprint density at radius 3 is 2.64 bits per heavy atom. The van der Waals surface area contributed by atoms with Gasteiger partial charge in [0, 0.05) is 5.56 Å². The van der Waals surface area contributed by atoms with Gasteiger partial charge in [-0.15, -0.1) is 0 Å². The molecule has 128 valence electrons. The number of rotatable bonds is 6. The zero-order chi connectivity index (χ0) is 17.6. The fraction of sp³-hybridized carbons (Fsp3) is 0.167. The number of hydrogen-bond acceptors (Lipinski definition) is 6. The van der Waals surface area contributed by atoms with E-state index < -0.39 is 0 Å². The Balaban J connectivity index is 1.61. The first-order chi connectivity index (χ1) is 12.2. The van der Waals surface area contributed by atoms with Gasteiger partial charge >= 0.3 is 5.97 Å². The second kappa shape index (κ2) is 7.81. The minimum Gasteiger partial charge on any atom is -0.484 e. The van der Waals surface area contributed by atoms with Crippen molar-refractivity contribution in [3.8, 4) is 17.1 Å². The molecule has 0 aliphatic carbocycles. The van der Waals surface area contributed by atoms with Crippen molar-refractivity contribution in [2.45, 2.75) is 13.0 Å². The summed E-state index contributed by atoms with van der Waals surface area (Å²) in [6.45, 7) is 0.133. The second-order valence-electron chi connectivity index (χ2n) is 5.18.